The van der Waals surface area contributed by atoms with Crippen molar-refractivity contribution in [2.24, 2.45) is 0 Å². The Labute approximate surface area is 232 Å². The molecule has 0 aromatic heterocycles. The molecule has 0 radical (unpaired) electrons. The first-order valence-corrected chi connectivity index (χ1v) is 12.3. The minimum Gasteiger partial charge on any atom is -0.463 e. The summed E-state index contributed by atoms with van der Waals surface area (Å²) >= 11 is 0. The van der Waals surface area contributed by atoms with Crippen LogP contribution in [0.4, 0.5) is 8.78 Å². The van der Waals surface area contributed by atoms with Crippen molar-refractivity contribution in [3.63, 3.8) is 0 Å². The summed E-state index contributed by atoms with van der Waals surface area (Å²) in [7, 11) is 0. The van der Waals surface area contributed by atoms with Crippen molar-refractivity contribution in [1.82, 2.24) is 0 Å². The number of ether oxygens (including phenoxy) is 9. The van der Waals surface area contributed by atoms with Crippen LogP contribution in [-0.2, 0) is 71.4 Å². The molecule has 2 heterocycles. The van der Waals surface area contributed by atoms with Crippen molar-refractivity contribution in [3.05, 3.63) is 0 Å². The maximum Gasteiger partial charge on any atom is 0.303 e. The average molecular weight is 599 g/mol. The van der Waals surface area contributed by atoms with E-state index in [9.17, 15) is 33.2 Å². The summed E-state index contributed by atoms with van der Waals surface area (Å²) in [5.74, 6) is -5.35. The van der Waals surface area contributed by atoms with Gasteiger partial charge in [0.1, 0.15) is 31.5 Å². The molecular formula is C24H32F2O15. The monoisotopic (exact) mass is 598 g/mol. The fraction of sp³-hybridized carbons (Fsp3) is 0.750. The van der Waals surface area contributed by atoms with Gasteiger partial charge in [0.15, 0.2) is 36.9 Å². The molecule has 2 aliphatic heterocycles. The number of hydrogen-bond donors (Lipinski definition) is 0. The summed E-state index contributed by atoms with van der Waals surface area (Å²) in [6, 6.07) is 0. The van der Waals surface area contributed by atoms with Crippen LogP contribution in [0.5, 0.6) is 0 Å². The van der Waals surface area contributed by atoms with Crippen molar-refractivity contribution in [3.8, 4) is 0 Å². The van der Waals surface area contributed by atoms with Gasteiger partial charge in [-0.05, 0) is 0 Å². The Morgan fingerprint density at radius 3 is 1.37 bits per heavy atom. The lowest BCUT2D eigenvalue weighted by molar-refractivity contribution is -0.345. The summed E-state index contributed by atoms with van der Waals surface area (Å²) < 4.78 is 76.9. The van der Waals surface area contributed by atoms with E-state index in [1.54, 1.807) is 0 Å². The standard InChI is InChI=1S/C24H32F2O15/c1-9(27)33-7-15-18(35-11(3)29)20(17(25)23(26)39-15)41-24-22(38-14(6)32)21(37-13(5)31)19(36-12(4)30)16(40-24)8-34-10(2)28/h15-24H,7-8H2,1-6H3/t15-,16-,17-,18-,19-,20-,21+,22-,23-,24+/m1/s1. The van der Waals surface area contributed by atoms with Gasteiger partial charge < -0.3 is 42.6 Å². The molecule has 0 aliphatic carbocycles. The van der Waals surface area contributed by atoms with Gasteiger partial charge in [-0.25, -0.2) is 8.78 Å². The van der Waals surface area contributed by atoms with Crippen LogP contribution in [0.3, 0.4) is 0 Å². The van der Waals surface area contributed by atoms with Crippen molar-refractivity contribution in [1.29, 1.82) is 0 Å². The smallest absolute Gasteiger partial charge is 0.303 e. The predicted octanol–water partition coefficient (Wildman–Crippen LogP) is -0.0180. The predicted molar refractivity (Wildman–Crippen MR) is 124 cm³/mol. The quantitative estimate of drug-likeness (QED) is 0.241. The number of alkyl halides is 2. The van der Waals surface area contributed by atoms with Crippen molar-refractivity contribution in [2.75, 3.05) is 13.2 Å². The van der Waals surface area contributed by atoms with Crippen molar-refractivity contribution < 1.29 is 80.2 Å². The van der Waals surface area contributed by atoms with Gasteiger partial charge in [0.2, 0.25) is 6.36 Å². The van der Waals surface area contributed by atoms with Crippen molar-refractivity contribution >= 4 is 35.8 Å². The highest BCUT2D eigenvalue weighted by atomic mass is 19.2. The van der Waals surface area contributed by atoms with Crippen LogP contribution in [-0.4, -0.2) is 111 Å². The molecule has 17 heteroatoms. The third-order valence-corrected chi connectivity index (χ3v) is 5.55. The second-order valence-electron chi connectivity index (χ2n) is 9.02. The Morgan fingerprint density at radius 1 is 0.537 bits per heavy atom. The molecule has 2 fully saturated rings. The first-order chi connectivity index (χ1) is 19.1. The van der Waals surface area contributed by atoms with Gasteiger partial charge >= 0.3 is 35.8 Å². The molecule has 10 atom stereocenters. The Morgan fingerprint density at radius 2 is 0.927 bits per heavy atom. The highest BCUT2D eigenvalue weighted by Gasteiger charge is 2.57. The third-order valence-electron chi connectivity index (χ3n) is 5.55. The highest BCUT2D eigenvalue weighted by molar-refractivity contribution is 5.69. The summed E-state index contributed by atoms with van der Waals surface area (Å²) in [5, 5.41) is 0. The molecule has 0 N–H and O–H groups in total. The van der Waals surface area contributed by atoms with E-state index >= 15 is 4.39 Å². The highest BCUT2D eigenvalue weighted by Crippen LogP contribution is 2.35. The summed E-state index contributed by atoms with van der Waals surface area (Å²) in [6.45, 7) is 4.76. The lowest BCUT2D eigenvalue weighted by Gasteiger charge is -2.47. The Hall–Kier alpha value is -3.44. The second-order valence-corrected chi connectivity index (χ2v) is 9.02. The molecular weight excluding hydrogens is 566 g/mol. The van der Waals surface area contributed by atoms with E-state index in [0.29, 0.717) is 0 Å². The van der Waals surface area contributed by atoms with Gasteiger partial charge in [-0.2, -0.15) is 0 Å². The Bertz CT molecular complexity index is 990. The van der Waals surface area contributed by atoms with Crippen LogP contribution in [0.25, 0.3) is 0 Å². The van der Waals surface area contributed by atoms with E-state index in [1.165, 1.54) is 0 Å². The Balaban J connectivity index is 2.55. The first-order valence-electron chi connectivity index (χ1n) is 12.3. The number of esters is 6. The topological polar surface area (TPSA) is 185 Å². The molecule has 232 valence electrons. The van der Waals surface area contributed by atoms with E-state index in [2.05, 4.69) is 0 Å². The molecule has 0 spiro atoms. The number of rotatable bonds is 10. The summed E-state index contributed by atoms with van der Waals surface area (Å²) in [5.41, 5.74) is 0. The third kappa shape index (κ3) is 9.86. The second kappa shape index (κ2) is 15.0. The van der Waals surface area contributed by atoms with E-state index < -0.39 is 111 Å². The SMILES string of the molecule is CC(=O)OC[C@H]1O[C@@H](O[C@@H]2[C@@H](F)[C@H](F)O[C@H](COC(C)=O)[C@H]2OC(C)=O)[C@H](OC(C)=O)[C@@H](OC(C)=O)[C@@H]1OC(C)=O. The minimum atomic E-state index is -2.67. The van der Waals surface area contributed by atoms with Gasteiger partial charge in [0.05, 0.1) is 0 Å². The molecule has 41 heavy (non-hydrogen) atoms. The normalized spacial score (nSPS) is 33.1. The fourth-order valence-corrected chi connectivity index (χ4v) is 4.14. The van der Waals surface area contributed by atoms with Crippen LogP contribution in [0.2, 0.25) is 0 Å². The number of halogens is 2. The van der Waals surface area contributed by atoms with Crippen LogP contribution in [0.1, 0.15) is 41.5 Å². The van der Waals surface area contributed by atoms with Crippen LogP contribution < -0.4 is 0 Å². The number of hydrogen-bond acceptors (Lipinski definition) is 15. The zero-order valence-corrected chi connectivity index (χ0v) is 23.1. The van der Waals surface area contributed by atoms with E-state index in [-0.39, 0.29) is 0 Å². The largest absolute Gasteiger partial charge is 0.463 e. The zero-order valence-electron chi connectivity index (χ0n) is 23.1. The minimum absolute atomic E-state index is 0.612. The van der Waals surface area contributed by atoms with Crippen LogP contribution in [0, 0.1) is 0 Å². The fourth-order valence-electron chi connectivity index (χ4n) is 4.14. The van der Waals surface area contributed by atoms with Crippen molar-refractivity contribution in [2.45, 2.75) is 103 Å². The van der Waals surface area contributed by atoms with Gasteiger partial charge in [-0.15, -0.1) is 0 Å². The van der Waals surface area contributed by atoms with Gasteiger partial charge in [0.25, 0.3) is 0 Å². The molecule has 2 aliphatic rings. The number of carbonyl (C=O) groups excluding carboxylic acids is 6. The molecule has 0 aromatic rings. The van der Waals surface area contributed by atoms with Crippen LogP contribution in [0.15, 0.2) is 0 Å². The van der Waals surface area contributed by atoms with Gasteiger partial charge in [-0.3, -0.25) is 28.8 Å². The molecule has 0 saturated carbocycles. The zero-order chi connectivity index (χ0) is 31.0. The molecule has 15 nitrogen and oxygen atoms in total. The lowest BCUT2D eigenvalue weighted by Crippen LogP contribution is -2.66. The van der Waals surface area contributed by atoms with E-state index in [1.807, 2.05) is 0 Å². The van der Waals surface area contributed by atoms with E-state index in [4.69, 9.17) is 42.6 Å². The molecule has 2 rings (SSSR count). The Kier molecular flexibility index (Phi) is 12.3. The molecule has 0 bridgehead atoms. The molecule has 0 unspecified atom stereocenters. The van der Waals surface area contributed by atoms with Gasteiger partial charge in [-0.1, -0.05) is 0 Å². The summed E-state index contributed by atoms with van der Waals surface area (Å²) in [4.78, 5) is 70.5. The first kappa shape index (κ1) is 33.8. The van der Waals surface area contributed by atoms with Gasteiger partial charge in [0, 0.05) is 41.5 Å². The molecule has 0 amide bonds. The summed E-state index contributed by atoms with van der Waals surface area (Å²) in [6.07, 6.45) is -19.0. The maximum absolute atomic E-state index is 15.3. The van der Waals surface area contributed by atoms with E-state index in [0.717, 1.165) is 41.5 Å². The van der Waals surface area contributed by atoms with Crippen LogP contribution >= 0.6 is 0 Å². The molecule has 2 saturated heterocycles. The average Bonchev–Trinajstić information content (AvgIpc) is 2.83. The molecule has 0 aromatic carbocycles. The maximum atomic E-state index is 15.3. The lowest BCUT2D eigenvalue weighted by atomic mass is 9.96. The number of carbonyl (C=O) groups is 6.